The van der Waals surface area contributed by atoms with Gasteiger partial charge in [0.05, 0.1) is 110 Å². The molecule has 9 aliphatic heterocycles. The molecular weight excluding hydrogens is 2110 g/mol. The summed E-state index contributed by atoms with van der Waals surface area (Å²) in [7, 11) is 0. The fourth-order valence-corrected chi connectivity index (χ4v) is 29.5. The quantitative estimate of drug-likeness (QED) is 0.0626. The smallest absolute Gasteiger partial charge is 0.386 e. The number of hydrogen-bond donors (Lipinski definition) is 15. The van der Waals surface area contributed by atoms with Crippen LogP contribution in [-0.4, -0.2) is 274 Å². The van der Waals surface area contributed by atoms with Crippen molar-refractivity contribution in [1.29, 1.82) is 0 Å². The van der Waals surface area contributed by atoms with Crippen LogP contribution in [-0.2, 0) is 132 Å². The van der Waals surface area contributed by atoms with Gasteiger partial charge in [0, 0.05) is 18.6 Å². The van der Waals surface area contributed by atoms with Gasteiger partial charge in [-0.2, -0.15) is 15.0 Å². The molecule has 0 amide bonds. The van der Waals surface area contributed by atoms with Crippen LogP contribution in [0.2, 0.25) is 0 Å². The van der Waals surface area contributed by atoms with Crippen molar-refractivity contribution in [2.24, 2.45) is 0 Å². The molecule has 20 N–H and O–H groups in total. The maximum absolute atomic E-state index is 16.0. The van der Waals surface area contributed by atoms with Gasteiger partial charge < -0.3 is 95.7 Å². The number of aromatic amines is 3. The highest BCUT2D eigenvalue weighted by atomic mass is 32.7. The maximum atomic E-state index is 16.0. The number of fused-ring (bicyclic) bond motifs is 15. The lowest BCUT2D eigenvalue weighted by Gasteiger charge is -2.27. The number of alkyl halides is 6. The van der Waals surface area contributed by atoms with E-state index in [-0.39, 0.29) is 68.3 Å². The van der Waals surface area contributed by atoms with E-state index in [9.17, 15) is 43.4 Å². The molecule has 72 heteroatoms. The van der Waals surface area contributed by atoms with Crippen molar-refractivity contribution < 1.29 is 124 Å². The molecule has 135 heavy (non-hydrogen) atoms. The predicted molar refractivity (Wildman–Crippen MR) is 490 cm³/mol. The summed E-state index contributed by atoms with van der Waals surface area (Å²) in [6.45, 7) is -29.1. The second-order valence-electron chi connectivity index (χ2n) is 30.6. The summed E-state index contributed by atoms with van der Waals surface area (Å²) < 4.78 is 202. The zero-order valence-corrected chi connectivity index (χ0v) is 80.0. The number of aromatic nitrogens is 21. The van der Waals surface area contributed by atoms with Crippen LogP contribution >= 0.6 is 87.9 Å². The maximum Gasteiger partial charge on any atom is 0.386 e. The number of halogens is 6. The summed E-state index contributed by atoms with van der Waals surface area (Å²) >= 11 is 32.8. The minimum Gasteiger partial charge on any atom is -0.397 e. The summed E-state index contributed by atoms with van der Waals surface area (Å²) in [5, 5.41) is -6.33. The number of thiol groups is 1. The normalized spacial score (nSPS) is 37.7. The van der Waals surface area contributed by atoms with Crippen LogP contribution in [0.3, 0.4) is 0 Å². The first-order chi connectivity index (χ1) is 63.9. The van der Waals surface area contributed by atoms with Gasteiger partial charge in [0.1, 0.15) is 106 Å². The summed E-state index contributed by atoms with van der Waals surface area (Å²) in [5.41, 5.74) is 35.4. The van der Waals surface area contributed by atoms with Crippen molar-refractivity contribution in [2.75, 3.05) is 74.0 Å². The third kappa shape index (κ3) is 19.1. The van der Waals surface area contributed by atoms with Gasteiger partial charge in [-0.05, 0) is 77.2 Å². The molecule has 12 aromatic rings. The SMILES string of the molecule is Nc1nc2c(ncn2[C@@H]2S[C@@H]3COP(=O)(S)O[C@H]4[C@H](F)[C@H](n5cnc6c(N)ccnc65)O[C@@H]4COP(O)(=S)O[C@@H]2[C@@H]3F)c(=O)[nH]1.Nc1nc2c(ncn2[C@@H]2S[C@@H]3COP(O)(=S)O[C@H]4[C@H](F)[C@H](n5cnc6c(N)ccnc65)O[C@@H]4COP(O)(=S)O[C@@H]2[C@@H]3F)c(=O)[nH]1.Nc1nc2c(ncn2[C@@H]2S[C@@H]3COP(O)(=S)O[C@H]4[C@H](F)[C@H](n5cnc6c(N)ccnc65)O[C@@H]4COP(O)(=S)O[C@@H]2[C@@H]3F)c(=O)[nH]1. The lowest BCUT2D eigenvalue weighted by atomic mass is 10.1. The Balaban J connectivity index is 0.000000130. The Morgan fingerprint density at radius 1 is 0.356 bits per heavy atom. The van der Waals surface area contributed by atoms with E-state index >= 15 is 26.3 Å². The number of H-pyrrole nitrogens is 3. The average Bonchev–Trinajstić information content (AvgIpc) is 1.63. The molecule has 0 spiro atoms. The number of nitrogens with one attached hydrogen (secondary N) is 3. The Bertz CT molecular complexity index is 6510. The van der Waals surface area contributed by atoms with Gasteiger partial charge in [-0.15, -0.1) is 35.3 Å². The van der Waals surface area contributed by atoms with Gasteiger partial charge in [-0.25, -0.2) is 75.8 Å². The van der Waals surface area contributed by atoms with E-state index < -0.39 is 239 Å². The van der Waals surface area contributed by atoms with Gasteiger partial charge in [0.25, 0.3) is 16.7 Å². The molecule has 0 aliphatic carbocycles. The largest absolute Gasteiger partial charge is 0.397 e. The number of nitrogens with two attached hydrogens (primary N) is 6. The molecule has 6 unspecified atom stereocenters. The molecule has 21 rings (SSSR count). The molecule has 30 atom stereocenters. The zero-order chi connectivity index (χ0) is 95.5. The molecule has 0 saturated carbocycles. The standard InChI is InChI=1S/3C21H23F2N9O8P2S3/c3*22-10-9-4-37-42(35,44)39-14-8(38-19(11(14)23)31-5-27-12-7(24)1-2-26-16(12)31)3-36-41(34,43)40-15(10)20(45-9)32-6-28-13-17(32)29-21(25)30-18(13)33/h3*1-2,5-6,8-11,14-15,19-20H,3-4H2,(H2,24,26)(H,34,43)(H,35,44)(H3,25,29,30,33)/t3*8-,9-,10-,11+,14-,15-,19-,20-,41?,42?/m111/s1. The fraction of sp³-hybridized carbons (Fsp3) is 0.476. The zero-order valence-electron chi connectivity index (χ0n) is 67.2. The van der Waals surface area contributed by atoms with E-state index in [0.717, 1.165) is 35.3 Å². The van der Waals surface area contributed by atoms with Gasteiger partial charge in [0.15, 0.2) is 87.6 Å². The molecule has 9 fully saturated rings. The first-order valence-electron chi connectivity index (χ1n) is 39.0. The Morgan fingerprint density at radius 3 is 0.904 bits per heavy atom. The summed E-state index contributed by atoms with van der Waals surface area (Å²) in [6.07, 6.45) is -17.3. The molecular formula is C63H69F6N27O24P6S9. The number of nitrogen functional groups attached to an aromatic ring is 6. The van der Waals surface area contributed by atoms with E-state index in [0.29, 0.717) is 33.6 Å². The molecule has 9 saturated heterocycles. The van der Waals surface area contributed by atoms with Crippen LogP contribution in [0, 0.1) is 0 Å². The summed E-state index contributed by atoms with van der Waals surface area (Å²) in [6, 6.07) is 4.58. The van der Waals surface area contributed by atoms with Gasteiger partial charge in [0.2, 0.25) is 17.8 Å². The topological polar surface area (TPSA) is 696 Å². The van der Waals surface area contributed by atoms with E-state index in [4.69, 9.17) is 162 Å². The van der Waals surface area contributed by atoms with Crippen LogP contribution in [0.1, 0.15) is 34.8 Å². The molecule has 12 aromatic heterocycles. The number of nitrogens with zero attached hydrogens (tertiary/aromatic N) is 18. The van der Waals surface area contributed by atoms with E-state index in [1.165, 1.54) is 102 Å². The number of anilines is 6. The number of thioether (sulfide) groups is 3. The van der Waals surface area contributed by atoms with Crippen molar-refractivity contribution in [3.63, 3.8) is 0 Å². The van der Waals surface area contributed by atoms with Crippen LogP contribution in [0.15, 0.2) is 89.1 Å². The van der Waals surface area contributed by atoms with Crippen molar-refractivity contribution in [3.8, 4) is 0 Å². The van der Waals surface area contributed by atoms with E-state index in [2.05, 4.69) is 87.0 Å². The molecule has 51 nitrogen and oxygen atoms in total. The highest BCUT2D eigenvalue weighted by Crippen LogP contribution is 2.64. The molecule has 0 radical (unpaired) electrons. The van der Waals surface area contributed by atoms with Gasteiger partial charge >= 0.3 is 40.4 Å². The Labute approximate surface area is 791 Å². The van der Waals surface area contributed by atoms with E-state index in [1.807, 2.05) is 0 Å². The minimum atomic E-state index is -4.38. The van der Waals surface area contributed by atoms with Gasteiger partial charge in [-0.3, -0.25) is 88.4 Å². The summed E-state index contributed by atoms with van der Waals surface area (Å²) in [5.74, 6) is -0.627. The van der Waals surface area contributed by atoms with Crippen molar-refractivity contribution in [3.05, 3.63) is 106 Å². The summed E-state index contributed by atoms with van der Waals surface area (Å²) in [4.78, 5) is 149. The minimum absolute atomic E-state index is 0.0121. The predicted octanol–water partition coefficient (Wildman–Crippen LogP) is 4.32. The van der Waals surface area contributed by atoms with Crippen molar-refractivity contribution in [2.45, 2.75) is 143 Å². The highest BCUT2D eigenvalue weighted by Gasteiger charge is 2.59. The van der Waals surface area contributed by atoms with Crippen LogP contribution in [0.5, 0.6) is 0 Å². The average molecular weight is 2180 g/mol. The van der Waals surface area contributed by atoms with Crippen LogP contribution < -0.4 is 51.1 Å². The number of hydrogen-bond acceptors (Lipinski definition) is 45. The van der Waals surface area contributed by atoms with Crippen LogP contribution in [0.4, 0.5) is 61.2 Å². The Hall–Kier alpha value is -6.63. The third-order valence-corrected chi connectivity index (χ3v) is 36.0. The lowest BCUT2D eigenvalue weighted by molar-refractivity contribution is -0.0440. The second-order valence-corrected chi connectivity index (χ2v) is 51.5. The first-order valence-corrected chi connectivity index (χ1v) is 57.5. The van der Waals surface area contributed by atoms with E-state index in [1.54, 1.807) is 0 Å². The molecule has 9 aliphatic rings. The Kier molecular flexibility index (Phi) is 26.9. The number of rotatable bonds is 6. The second kappa shape index (κ2) is 37.3. The molecule has 6 bridgehead atoms. The monoisotopic (exact) mass is 2180 g/mol. The highest BCUT2D eigenvalue weighted by molar-refractivity contribution is 8.44. The molecule has 726 valence electrons. The lowest BCUT2D eigenvalue weighted by Crippen LogP contribution is -2.34. The van der Waals surface area contributed by atoms with Crippen LogP contribution in [0.25, 0.3) is 67.0 Å². The van der Waals surface area contributed by atoms with Crippen molar-refractivity contribution in [1.82, 2.24) is 102 Å². The fourth-order valence-electron chi connectivity index (χ4n) is 15.9. The molecule has 21 heterocycles. The molecule has 0 aromatic carbocycles. The third-order valence-electron chi connectivity index (χ3n) is 22.0. The number of ether oxygens (including phenoxy) is 3. The first kappa shape index (κ1) is 97.2. The number of pyridine rings is 3. The van der Waals surface area contributed by atoms with Crippen molar-refractivity contribution >= 4 is 249 Å². The van der Waals surface area contributed by atoms with Gasteiger partial charge in [-0.1, -0.05) is 12.2 Å². The number of imidazole rings is 6. The Morgan fingerprint density at radius 2 is 0.607 bits per heavy atom.